The van der Waals surface area contributed by atoms with Crippen LogP contribution in [0.5, 0.6) is 0 Å². The zero-order valence-electron chi connectivity index (χ0n) is 6.94. The summed E-state index contributed by atoms with van der Waals surface area (Å²) >= 11 is 0. The number of benzene rings is 1. The maximum absolute atomic E-state index is 11.1. The summed E-state index contributed by atoms with van der Waals surface area (Å²) in [4.78, 5) is 0. The maximum atomic E-state index is 11.1. The van der Waals surface area contributed by atoms with Crippen molar-refractivity contribution in [2.24, 2.45) is 0 Å². The lowest BCUT2D eigenvalue weighted by atomic mass is 10.1. The van der Waals surface area contributed by atoms with Crippen LogP contribution in [0.3, 0.4) is 0 Å². The van der Waals surface area contributed by atoms with Gasteiger partial charge in [0.25, 0.3) is 0 Å². The van der Waals surface area contributed by atoms with Crippen LogP contribution in [0.15, 0.2) is 47.9 Å². The van der Waals surface area contributed by atoms with Gasteiger partial charge in [-0.3, -0.25) is 0 Å². The van der Waals surface area contributed by atoms with Gasteiger partial charge < -0.3 is 4.72 Å². The zero-order valence-corrected chi connectivity index (χ0v) is 7.75. The summed E-state index contributed by atoms with van der Waals surface area (Å²) in [7, 11) is -1.07. The maximum Gasteiger partial charge on any atom is 0.142 e. The van der Waals surface area contributed by atoms with Crippen molar-refractivity contribution in [2.75, 3.05) is 0 Å². The summed E-state index contributed by atoms with van der Waals surface area (Å²) in [6.07, 6.45) is 3.71. The lowest BCUT2D eigenvalue weighted by molar-refractivity contribution is 0.685. The molecule has 1 N–H and O–H groups in total. The predicted molar refractivity (Wildman–Crippen MR) is 54.8 cm³/mol. The first-order valence-electron chi connectivity index (χ1n) is 3.97. The largest absolute Gasteiger partial charge is 0.301 e. The third-order valence-electron chi connectivity index (χ3n) is 1.76. The third-order valence-corrected chi connectivity index (χ3v) is 2.59. The molecular formula is C10H9NOS. The quantitative estimate of drug-likeness (QED) is 0.720. The van der Waals surface area contributed by atoms with Crippen LogP contribution < -0.4 is 4.72 Å². The molecule has 1 aromatic rings. The second-order valence-corrected chi connectivity index (χ2v) is 3.75. The van der Waals surface area contributed by atoms with Crippen molar-refractivity contribution in [1.29, 1.82) is 0 Å². The average Bonchev–Trinajstić information content (AvgIpc) is 2.19. The highest BCUT2D eigenvalue weighted by molar-refractivity contribution is 7.86. The molecular weight excluding hydrogens is 182 g/mol. The van der Waals surface area contributed by atoms with Crippen LogP contribution in [0.4, 0.5) is 0 Å². The Hall–Kier alpha value is -1.35. The van der Waals surface area contributed by atoms with E-state index in [1.54, 1.807) is 11.5 Å². The molecule has 1 heterocycles. The Bertz CT molecular complexity index is 381. The topological polar surface area (TPSA) is 29.1 Å². The normalized spacial score (nSPS) is 20.6. The molecule has 1 unspecified atom stereocenters. The van der Waals surface area contributed by atoms with E-state index in [1.165, 1.54) is 0 Å². The van der Waals surface area contributed by atoms with E-state index in [-0.39, 0.29) is 0 Å². The van der Waals surface area contributed by atoms with Gasteiger partial charge >= 0.3 is 0 Å². The fourth-order valence-corrected chi connectivity index (χ4v) is 1.85. The summed E-state index contributed by atoms with van der Waals surface area (Å²) in [6.45, 7) is 0. The molecule has 1 aliphatic heterocycles. The monoisotopic (exact) mass is 191 g/mol. The molecule has 0 aromatic heterocycles. The fraction of sp³-hybridized carbons (Fsp3) is 0. The first-order valence-corrected chi connectivity index (χ1v) is 5.19. The smallest absolute Gasteiger partial charge is 0.142 e. The Labute approximate surface area is 79.6 Å². The van der Waals surface area contributed by atoms with Crippen LogP contribution in [-0.4, -0.2) is 4.21 Å². The summed E-state index contributed by atoms with van der Waals surface area (Å²) in [5.41, 5.74) is 1.96. The third kappa shape index (κ3) is 1.87. The van der Waals surface area contributed by atoms with Crippen LogP contribution in [0.25, 0.3) is 5.70 Å². The van der Waals surface area contributed by atoms with Crippen molar-refractivity contribution in [3.8, 4) is 0 Å². The zero-order chi connectivity index (χ0) is 9.10. The Morgan fingerprint density at radius 3 is 2.62 bits per heavy atom. The van der Waals surface area contributed by atoms with Gasteiger partial charge in [-0.15, -0.1) is 0 Å². The van der Waals surface area contributed by atoms with E-state index in [0.717, 1.165) is 11.3 Å². The van der Waals surface area contributed by atoms with Crippen LogP contribution in [0.1, 0.15) is 5.56 Å². The number of allylic oxidation sites excluding steroid dienone is 2. The van der Waals surface area contributed by atoms with Gasteiger partial charge in [-0.1, -0.05) is 30.3 Å². The van der Waals surface area contributed by atoms with E-state index in [1.807, 2.05) is 36.4 Å². The van der Waals surface area contributed by atoms with Crippen molar-refractivity contribution in [1.82, 2.24) is 4.72 Å². The molecule has 0 amide bonds. The summed E-state index contributed by atoms with van der Waals surface area (Å²) < 4.78 is 14.0. The highest BCUT2D eigenvalue weighted by atomic mass is 32.2. The van der Waals surface area contributed by atoms with Crippen LogP contribution >= 0.6 is 0 Å². The lowest BCUT2D eigenvalue weighted by Gasteiger charge is -2.10. The lowest BCUT2D eigenvalue weighted by Crippen LogP contribution is -2.15. The second kappa shape index (κ2) is 3.58. The Balaban J connectivity index is 2.33. The SMILES string of the molecule is O=S1C=CC=C(c2ccccc2)N1. The number of hydrogen-bond donors (Lipinski definition) is 1. The molecule has 0 aliphatic carbocycles. The van der Waals surface area contributed by atoms with Crippen molar-refractivity contribution < 1.29 is 4.21 Å². The minimum Gasteiger partial charge on any atom is -0.301 e. The molecule has 66 valence electrons. The van der Waals surface area contributed by atoms with Gasteiger partial charge in [0.2, 0.25) is 0 Å². The molecule has 0 saturated heterocycles. The predicted octanol–water partition coefficient (Wildman–Crippen LogP) is 1.81. The molecule has 1 atom stereocenters. The van der Waals surface area contributed by atoms with Crippen LogP contribution in [-0.2, 0) is 11.0 Å². The number of rotatable bonds is 1. The molecule has 2 rings (SSSR count). The van der Waals surface area contributed by atoms with Crippen LogP contribution in [0, 0.1) is 0 Å². The van der Waals surface area contributed by atoms with Crippen molar-refractivity contribution >= 4 is 16.7 Å². The van der Waals surface area contributed by atoms with E-state index in [2.05, 4.69) is 4.72 Å². The summed E-state index contributed by atoms with van der Waals surface area (Å²) in [6, 6.07) is 9.84. The molecule has 13 heavy (non-hydrogen) atoms. The highest BCUT2D eigenvalue weighted by Crippen LogP contribution is 2.13. The Morgan fingerprint density at radius 1 is 1.15 bits per heavy atom. The Kier molecular flexibility index (Phi) is 2.27. The van der Waals surface area contributed by atoms with Gasteiger partial charge in [0, 0.05) is 5.41 Å². The van der Waals surface area contributed by atoms with Crippen LogP contribution in [0.2, 0.25) is 0 Å². The number of hydrogen-bond acceptors (Lipinski definition) is 1. The molecule has 1 aliphatic rings. The van der Waals surface area contributed by atoms with E-state index >= 15 is 0 Å². The minimum absolute atomic E-state index is 0.904. The molecule has 0 bridgehead atoms. The minimum atomic E-state index is -1.07. The van der Waals surface area contributed by atoms with Crippen molar-refractivity contribution in [2.45, 2.75) is 0 Å². The molecule has 0 saturated carbocycles. The van der Waals surface area contributed by atoms with Gasteiger partial charge in [-0.25, -0.2) is 4.21 Å². The first-order chi connectivity index (χ1) is 6.36. The van der Waals surface area contributed by atoms with Crippen molar-refractivity contribution in [3.63, 3.8) is 0 Å². The fourth-order valence-electron chi connectivity index (χ4n) is 1.16. The second-order valence-electron chi connectivity index (χ2n) is 2.67. The molecule has 2 nitrogen and oxygen atoms in total. The van der Waals surface area contributed by atoms with Gasteiger partial charge in [0.15, 0.2) is 0 Å². The van der Waals surface area contributed by atoms with Gasteiger partial charge in [0.05, 0.1) is 5.70 Å². The molecule has 1 aromatic carbocycles. The van der Waals surface area contributed by atoms with Gasteiger partial charge in [0.1, 0.15) is 11.0 Å². The van der Waals surface area contributed by atoms with E-state index in [9.17, 15) is 4.21 Å². The van der Waals surface area contributed by atoms with E-state index < -0.39 is 11.0 Å². The summed E-state index contributed by atoms with van der Waals surface area (Å²) in [5.74, 6) is 0. The van der Waals surface area contributed by atoms with Crippen molar-refractivity contribution in [3.05, 3.63) is 53.5 Å². The van der Waals surface area contributed by atoms with Gasteiger partial charge in [-0.2, -0.15) is 0 Å². The number of nitrogens with one attached hydrogen (secondary N) is 1. The first kappa shape index (κ1) is 8.26. The van der Waals surface area contributed by atoms with E-state index in [0.29, 0.717) is 0 Å². The molecule has 0 fully saturated rings. The molecule has 3 heteroatoms. The average molecular weight is 191 g/mol. The summed E-state index contributed by atoms with van der Waals surface area (Å²) in [5, 5.41) is 1.62. The van der Waals surface area contributed by atoms with Gasteiger partial charge in [-0.05, 0) is 17.7 Å². The highest BCUT2D eigenvalue weighted by Gasteiger charge is 2.04. The molecule has 0 spiro atoms. The van der Waals surface area contributed by atoms with E-state index in [4.69, 9.17) is 0 Å². The standard InChI is InChI=1S/C10H9NOS/c12-13-8-4-7-10(11-13)9-5-2-1-3-6-9/h1-8,11H. The Morgan fingerprint density at radius 2 is 1.92 bits per heavy atom. The molecule has 0 radical (unpaired) electrons.